The number of aromatic carboxylic acids is 1. The summed E-state index contributed by atoms with van der Waals surface area (Å²) in [4.78, 5) is 11.1. The highest BCUT2D eigenvalue weighted by Gasteiger charge is 2.21. The number of carboxylic acids is 1. The van der Waals surface area contributed by atoms with Crippen molar-refractivity contribution in [1.29, 1.82) is 0 Å². The first-order valence-electron chi connectivity index (χ1n) is 6.02. The fraction of sp³-hybridized carbons (Fsp3) is 0.0714. The first-order valence-corrected chi connectivity index (χ1v) is 8.30. The van der Waals surface area contributed by atoms with Gasteiger partial charge in [-0.25, -0.2) is 17.6 Å². The summed E-state index contributed by atoms with van der Waals surface area (Å²) in [6, 6.07) is 7.43. The number of benzene rings is 2. The molecule has 0 amide bonds. The molecule has 2 rings (SSSR count). The summed E-state index contributed by atoms with van der Waals surface area (Å²) < 4.78 is 40.4. The molecule has 0 bridgehead atoms. The van der Waals surface area contributed by atoms with E-state index in [9.17, 15) is 17.6 Å². The number of hydrogen-bond donors (Lipinski definition) is 2. The zero-order chi connectivity index (χ0) is 16.5. The second-order valence-corrected chi connectivity index (χ2v) is 7.04. The number of carbonyl (C=O) groups is 1. The molecule has 0 atom stereocenters. The molecule has 0 aliphatic heterocycles. The molecule has 2 N–H and O–H groups in total. The zero-order valence-corrected chi connectivity index (χ0v) is 13.7. The predicted octanol–water partition coefficient (Wildman–Crippen LogP) is 3.40. The standard InChI is InChI=1S/C14H11BrFNO4S/c1-8-2-5-13(11(15)6-8)22(20,21)17-12-4-3-9(16)7-10(12)14(18)19/h2-7,17H,1H3,(H,18,19). The number of carboxylic acid groups (broad SMARTS) is 1. The van der Waals surface area contributed by atoms with E-state index >= 15 is 0 Å². The van der Waals surface area contributed by atoms with Crippen LogP contribution in [0.25, 0.3) is 0 Å². The summed E-state index contributed by atoms with van der Waals surface area (Å²) in [6.07, 6.45) is 0. The summed E-state index contributed by atoms with van der Waals surface area (Å²) in [6.45, 7) is 1.80. The Morgan fingerprint density at radius 1 is 1.23 bits per heavy atom. The molecule has 0 aliphatic rings. The van der Waals surface area contributed by atoms with Crippen LogP contribution in [0, 0.1) is 12.7 Å². The van der Waals surface area contributed by atoms with E-state index in [0.717, 1.165) is 23.8 Å². The Morgan fingerprint density at radius 2 is 1.91 bits per heavy atom. The number of aryl methyl sites for hydroxylation is 1. The molecule has 116 valence electrons. The molecular weight excluding hydrogens is 377 g/mol. The summed E-state index contributed by atoms with van der Waals surface area (Å²) in [5, 5.41) is 9.04. The molecule has 0 aromatic heterocycles. The van der Waals surface area contributed by atoms with Crippen molar-refractivity contribution in [2.75, 3.05) is 4.72 Å². The lowest BCUT2D eigenvalue weighted by Crippen LogP contribution is -2.16. The van der Waals surface area contributed by atoms with Gasteiger partial charge in [0.2, 0.25) is 0 Å². The van der Waals surface area contributed by atoms with Crippen LogP contribution in [-0.2, 0) is 10.0 Å². The van der Waals surface area contributed by atoms with E-state index in [4.69, 9.17) is 5.11 Å². The Balaban J connectivity index is 2.47. The highest BCUT2D eigenvalue weighted by molar-refractivity contribution is 9.10. The molecular formula is C14H11BrFNO4S. The van der Waals surface area contributed by atoms with E-state index in [1.807, 2.05) is 0 Å². The minimum atomic E-state index is -4.01. The van der Waals surface area contributed by atoms with Gasteiger partial charge >= 0.3 is 5.97 Å². The summed E-state index contributed by atoms with van der Waals surface area (Å²) >= 11 is 3.16. The van der Waals surface area contributed by atoms with Gasteiger partial charge in [0, 0.05) is 4.47 Å². The van der Waals surface area contributed by atoms with Crippen LogP contribution < -0.4 is 4.72 Å². The largest absolute Gasteiger partial charge is 0.478 e. The molecule has 2 aromatic rings. The van der Waals surface area contributed by atoms with E-state index in [0.29, 0.717) is 4.47 Å². The molecule has 0 heterocycles. The smallest absolute Gasteiger partial charge is 0.337 e. The van der Waals surface area contributed by atoms with Crippen molar-refractivity contribution in [3.63, 3.8) is 0 Å². The maximum Gasteiger partial charge on any atom is 0.337 e. The van der Waals surface area contributed by atoms with Gasteiger partial charge in [0.25, 0.3) is 10.0 Å². The van der Waals surface area contributed by atoms with Crippen molar-refractivity contribution in [3.05, 3.63) is 57.8 Å². The van der Waals surface area contributed by atoms with Gasteiger partial charge in [-0.1, -0.05) is 6.07 Å². The number of halogens is 2. The monoisotopic (exact) mass is 387 g/mol. The SMILES string of the molecule is Cc1ccc(S(=O)(=O)Nc2ccc(F)cc2C(=O)O)c(Br)c1. The fourth-order valence-corrected chi connectivity index (χ4v) is 4.08. The molecule has 0 saturated heterocycles. The second kappa shape index (κ2) is 6.05. The number of anilines is 1. The molecule has 0 spiro atoms. The van der Waals surface area contributed by atoms with E-state index in [2.05, 4.69) is 20.7 Å². The van der Waals surface area contributed by atoms with Crippen LogP contribution in [0.15, 0.2) is 45.8 Å². The van der Waals surface area contributed by atoms with Crippen molar-refractivity contribution in [2.45, 2.75) is 11.8 Å². The van der Waals surface area contributed by atoms with Gasteiger partial charge in [-0.05, 0) is 58.7 Å². The molecule has 2 aromatic carbocycles. The van der Waals surface area contributed by atoms with Gasteiger partial charge in [-0.2, -0.15) is 0 Å². The van der Waals surface area contributed by atoms with Gasteiger partial charge in [-0.3, -0.25) is 4.72 Å². The molecule has 22 heavy (non-hydrogen) atoms. The molecule has 0 aliphatic carbocycles. The van der Waals surface area contributed by atoms with Crippen molar-refractivity contribution < 1.29 is 22.7 Å². The van der Waals surface area contributed by atoms with Gasteiger partial charge in [-0.15, -0.1) is 0 Å². The molecule has 8 heteroatoms. The Kier molecular flexibility index (Phi) is 4.52. The van der Waals surface area contributed by atoms with Gasteiger partial charge in [0.15, 0.2) is 0 Å². The molecule has 5 nitrogen and oxygen atoms in total. The topological polar surface area (TPSA) is 83.5 Å². The number of hydrogen-bond acceptors (Lipinski definition) is 3. The number of rotatable bonds is 4. The van der Waals surface area contributed by atoms with E-state index in [1.54, 1.807) is 19.1 Å². The Hall–Kier alpha value is -1.93. The van der Waals surface area contributed by atoms with Crippen molar-refractivity contribution in [2.24, 2.45) is 0 Å². The fourth-order valence-electron chi connectivity index (χ4n) is 1.81. The number of nitrogens with one attached hydrogen (secondary N) is 1. The van der Waals surface area contributed by atoms with Crippen LogP contribution in [0.2, 0.25) is 0 Å². The summed E-state index contributed by atoms with van der Waals surface area (Å²) in [5.74, 6) is -2.20. The normalized spacial score (nSPS) is 11.2. The average Bonchev–Trinajstić information content (AvgIpc) is 2.39. The van der Waals surface area contributed by atoms with Crippen molar-refractivity contribution in [1.82, 2.24) is 0 Å². The molecule has 0 saturated carbocycles. The lowest BCUT2D eigenvalue weighted by Gasteiger charge is -2.12. The van der Waals surface area contributed by atoms with Gasteiger partial charge in [0.1, 0.15) is 10.7 Å². The third-order valence-electron chi connectivity index (χ3n) is 2.83. The highest BCUT2D eigenvalue weighted by atomic mass is 79.9. The number of sulfonamides is 1. The van der Waals surface area contributed by atoms with E-state index < -0.39 is 27.4 Å². The van der Waals surface area contributed by atoms with Crippen molar-refractivity contribution >= 4 is 37.6 Å². The van der Waals surface area contributed by atoms with Crippen LogP contribution in [0.4, 0.5) is 10.1 Å². The lowest BCUT2D eigenvalue weighted by molar-refractivity contribution is 0.0697. The minimum absolute atomic E-state index is 0.0428. The minimum Gasteiger partial charge on any atom is -0.478 e. The van der Waals surface area contributed by atoms with Crippen LogP contribution in [0.3, 0.4) is 0 Å². The second-order valence-electron chi connectivity index (χ2n) is 4.53. The van der Waals surface area contributed by atoms with Gasteiger partial charge in [0.05, 0.1) is 11.3 Å². The Labute approximate surface area is 135 Å². The summed E-state index contributed by atoms with van der Waals surface area (Å²) in [5.41, 5.74) is 0.187. The maximum absolute atomic E-state index is 13.1. The quantitative estimate of drug-likeness (QED) is 0.841. The van der Waals surface area contributed by atoms with E-state index in [1.165, 1.54) is 6.07 Å². The van der Waals surface area contributed by atoms with E-state index in [-0.39, 0.29) is 10.6 Å². The van der Waals surface area contributed by atoms with Crippen LogP contribution in [-0.4, -0.2) is 19.5 Å². The average molecular weight is 388 g/mol. The van der Waals surface area contributed by atoms with Crippen LogP contribution >= 0.6 is 15.9 Å². The highest BCUT2D eigenvalue weighted by Crippen LogP contribution is 2.26. The lowest BCUT2D eigenvalue weighted by atomic mass is 10.2. The van der Waals surface area contributed by atoms with Crippen LogP contribution in [0.1, 0.15) is 15.9 Å². The first-order chi connectivity index (χ1) is 10.2. The van der Waals surface area contributed by atoms with Gasteiger partial charge < -0.3 is 5.11 Å². The van der Waals surface area contributed by atoms with Crippen molar-refractivity contribution in [3.8, 4) is 0 Å². The Bertz CT molecular complexity index is 852. The maximum atomic E-state index is 13.1. The van der Waals surface area contributed by atoms with Crippen LogP contribution in [0.5, 0.6) is 0 Å². The third kappa shape index (κ3) is 3.45. The molecule has 0 unspecified atom stereocenters. The predicted molar refractivity (Wildman–Crippen MR) is 83.0 cm³/mol. The third-order valence-corrected chi connectivity index (χ3v) is 5.18. The molecule has 0 fully saturated rings. The zero-order valence-electron chi connectivity index (χ0n) is 11.3. The Morgan fingerprint density at radius 3 is 2.50 bits per heavy atom. The summed E-state index contributed by atoms with van der Waals surface area (Å²) in [7, 11) is -4.01. The first kappa shape index (κ1) is 16.4. The molecule has 0 radical (unpaired) electrons.